The number of alkyl halides is 3. The van der Waals surface area contributed by atoms with Gasteiger partial charge in [0.2, 0.25) is 5.82 Å². The predicted octanol–water partition coefficient (Wildman–Crippen LogP) is 2.36. The fourth-order valence-corrected chi connectivity index (χ4v) is 1.42. The highest BCUT2D eigenvalue weighted by atomic mass is 35.5. The largest absolute Gasteiger partial charge is 0.451 e. The third-order valence-corrected chi connectivity index (χ3v) is 2.31. The van der Waals surface area contributed by atoms with Crippen LogP contribution in [-0.4, -0.2) is 23.1 Å². The Balaban J connectivity index is 2.36. The van der Waals surface area contributed by atoms with Gasteiger partial charge in [0.05, 0.1) is 0 Å². The highest BCUT2D eigenvalue weighted by molar-refractivity contribution is 6.29. The Hall–Kier alpha value is -1.04. The average Bonchev–Trinajstić information content (AvgIpc) is 1.97. The first-order valence-electron chi connectivity index (χ1n) is 4.33. The van der Waals surface area contributed by atoms with Crippen molar-refractivity contribution in [2.75, 3.05) is 18.0 Å². The van der Waals surface area contributed by atoms with E-state index in [0.717, 1.165) is 6.42 Å². The van der Waals surface area contributed by atoms with Gasteiger partial charge in [-0.3, -0.25) is 0 Å². The number of aromatic nitrogens is 2. The van der Waals surface area contributed by atoms with E-state index in [1.54, 1.807) is 4.90 Å². The summed E-state index contributed by atoms with van der Waals surface area (Å²) in [6, 6.07) is 1.34. The van der Waals surface area contributed by atoms with E-state index in [1.807, 2.05) is 0 Å². The first-order valence-corrected chi connectivity index (χ1v) is 4.71. The van der Waals surface area contributed by atoms with E-state index in [0.29, 0.717) is 13.1 Å². The van der Waals surface area contributed by atoms with Crippen LogP contribution >= 0.6 is 11.6 Å². The molecule has 0 saturated carbocycles. The van der Waals surface area contributed by atoms with Gasteiger partial charge >= 0.3 is 6.18 Å². The predicted molar refractivity (Wildman–Crippen MR) is 48.9 cm³/mol. The lowest BCUT2D eigenvalue weighted by Gasteiger charge is -2.32. The molecule has 2 rings (SSSR count). The summed E-state index contributed by atoms with van der Waals surface area (Å²) in [6.45, 7) is 1.43. The van der Waals surface area contributed by atoms with Crippen molar-refractivity contribution in [2.24, 2.45) is 0 Å². The van der Waals surface area contributed by atoms with Gasteiger partial charge in [-0.2, -0.15) is 13.2 Å². The van der Waals surface area contributed by atoms with E-state index in [9.17, 15) is 13.2 Å². The van der Waals surface area contributed by atoms with E-state index in [-0.39, 0.29) is 11.0 Å². The molecule has 0 N–H and O–H groups in total. The number of anilines is 1. The van der Waals surface area contributed by atoms with Gasteiger partial charge < -0.3 is 4.90 Å². The second kappa shape index (κ2) is 3.52. The highest BCUT2D eigenvalue weighted by Gasteiger charge is 2.36. The summed E-state index contributed by atoms with van der Waals surface area (Å²) in [4.78, 5) is 8.31. The highest BCUT2D eigenvalue weighted by Crippen LogP contribution is 2.30. The minimum atomic E-state index is -4.55. The molecule has 1 fully saturated rings. The zero-order valence-corrected chi connectivity index (χ0v) is 8.31. The van der Waals surface area contributed by atoms with Crippen LogP contribution in [0.2, 0.25) is 5.15 Å². The Morgan fingerprint density at radius 3 is 2.40 bits per heavy atom. The van der Waals surface area contributed by atoms with E-state index >= 15 is 0 Å². The standard InChI is InChI=1S/C8H7ClF3N3/c9-5-4-6(15-2-1-3-15)14-7(13-5)8(10,11)12/h4H,1-3H2. The lowest BCUT2D eigenvalue weighted by atomic mass is 10.2. The smallest absolute Gasteiger partial charge is 0.356 e. The first kappa shape index (κ1) is 10.5. The Kier molecular flexibility index (Phi) is 2.46. The third kappa shape index (κ3) is 2.14. The zero-order chi connectivity index (χ0) is 11.1. The van der Waals surface area contributed by atoms with Crippen molar-refractivity contribution < 1.29 is 13.2 Å². The number of hydrogen-bond donors (Lipinski definition) is 0. The number of halogens is 4. The van der Waals surface area contributed by atoms with Crippen molar-refractivity contribution in [3.8, 4) is 0 Å². The van der Waals surface area contributed by atoms with Crippen molar-refractivity contribution in [3.63, 3.8) is 0 Å². The molecule has 1 aliphatic heterocycles. The maximum atomic E-state index is 12.3. The van der Waals surface area contributed by atoms with Crippen LogP contribution in [0.25, 0.3) is 0 Å². The van der Waals surface area contributed by atoms with Gasteiger partial charge in [-0.05, 0) is 6.42 Å². The van der Waals surface area contributed by atoms with E-state index in [1.165, 1.54) is 6.07 Å². The van der Waals surface area contributed by atoms with E-state index < -0.39 is 12.0 Å². The Bertz CT molecular complexity index is 376. The van der Waals surface area contributed by atoms with Gasteiger partial charge in [0.15, 0.2) is 0 Å². The zero-order valence-electron chi connectivity index (χ0n) is 7.55. The molecule has 82 valence electrons. The van der Waals surface area contributed by atoms with Crippen LogP contribution in [0.5, 0.6) is 0 Å². The molecule has 1 saturated heterocycles. The van der Waals surface area contributed by atoms with Crippen LogP contribution in [0.15, 0.2) is 6.07 Å². The Morgan fingerprint density at radius 2 is 1.93 bits per heavy atom. The Morgan fingerprint density at radius 1 is 1.27 bits per heavy atom. The molecule has 0 unspecified atom stereocenters. The molecule has 3 nitrogen and oxygen atoms in total. The van der Waals surface area contributed by atoms with Gasteiger partial charge in [0, 0.05) is 19.2 Å². The average molecular weight is 238 g/mol. The lowest BCUT2D eigenvalue weighted by Crippen LogP contribution is -2.38. The molecule has 0 aromatic carbocycles. The first-order chi connectivity index (χ1) is 6.97. The fraction of sp³-hybridized carbons (Fsp3) is 0.500. The van der Waals surface area contributed by atoms with Crippen molar-refractivity contribution >= 4 is 17.4 Å². The molecule has 0 aliphatic carbocycles. The molecule has 1 aromatic rings. The van der Waals surface area contributed by atoms with Gasteiger partial charge in [-0.15, -0.1) is 0 Å². The monoisotopic (exact) mass is 237 g/mol. The van der Waals surface area contributed by atoms with Crippen LogP contribution in [0, 0.1) is 0 Å². The quantitative estimate of drug-likeness (QED) is 0.702. The summed E-state index contributed by atoms with van der Waals surface area (Å²) in [5, 5.41) is -0.181. The maximum Gasteiger partial charge on any atom is 0.451 e. The summed E-state index contributed by atoms with van der Waals surface area (Å²) in [7, 11) is 0. The van der Waals surface area contributed by atoms with E-state index in [2.05, 4.69) is 9.97 Å². The minimum absolute atomic E-state index is 0.181. The molecular weight excluding hydrogens is 231 g/mol. The summed E-state index contributed by atoms with van der Waals surface area (Å²) < 4.78 is 37.0. The van der Waals surface area contributed by atoms with Crippen LogP contribution in [0.1, 0.15) is 12.2 Å². The van der Waals surface area contributed by atoms with Gasteiger partial charge in [0.1, 0.15) is 11.0 Å². The molecule has 0 bridgehead atoms. The van der Waals surface area contributed by atoms with Crippen molar-refractivity contribution in [3.05, 3.63) is 17.0 Å². The summed E-state index contributed by atoms with van der Waals surface area (Å²) in [5.41, 5.74) is 0. The van der Waals surface area contributed by atoms with Gasteiger partial charge in [0.25, 0.3) is 0 Å². The van der Waals surface area contributed by atoms with Crippen LogP contribution < -0.4 is 4.90 Å². The second-order valence-corrected chi connectivity index (χ2v) is 3.60. The topological polar surface area (TPSA) is 29.0 Å². The van der Waals surface area contributed by atoms with Gasteiger partial charge in [-0.25, -0.2) is 9.97 Å². The third-order valence-electron chi connectivity index (χ3n) is 2.11. The number of hydrogen-bond acceptors (Lipinski definition) is 3. The molecular formula is C8H7ClF3N3. The fourth-order valence-electron chi connectivity index (χ4n) is 1.24. The Labute approximate surface area is 88.9 Å². The molecule has 1 aliphatic rings. The van der Waals surface area contributed by atoms with Crippen molar-refractivity contribution in [1.29, 1.82) is 0 Å². The van der Waals surface area contributed by atoms with Crippen LogP contribution in [-0.2, 0) is 6.18 Å². The molecule has 1 aromatic heterocycles. The molecule has 0 amide bonds. The minimum Gasteiger partial charge on any atom is -0.356 e. The lowest BCUT2D eigenvalue weighted by molar-refractivity contribution is -0.144. The van der Waals surface area contributed by atoms with E-state index in [4.69, 9.17) is 11.6 Å². The molecule has 2 heterocycles. The summed E-state index contributed by atoms with van der Waals surface area (Å²) >= 11 is 5.50. The number of nitrogens with zero attached hydrogens (tertiary/aromatic N) is 3. The molecule has 0 atom stereocenters. The van der Waals surface area contributed by atoms with Crippen LogP contribution in [0.3, 0.4) is 0 Å². The normalized spacial score (nSPS) is 16.4. The molecule has 0 spiro atoms. The number of rotatable bonds is 1. The van der Waals surface area contributed by atoms with Crippen molar-refractivity contribution in [2.45, 2.75) is 12.6 Å². The SMILES string of the molecule is FC(F)(F)c1nc(Cl)cc(N2CCC2)n1. The van der Waals surface area contributed by atoms with Gasteiger partial charge in [-0.1, -0.05) is 11.6 Å². The molecule has 0 radical (unpaired) electrons. The molecule has 7 heteroatoms. The van der Waals surface area contributed by atoms with Crippen molar-refractivity contribution in [1.82, 2.24) is 9.97 Å². The molecule has 15 heavy (non-hydrogen) atoms. The summed E-state index contributed by atoms with van der Waals surface area (Å²) in [6.07, 6.45) is -3.59. The van der Waals surface area contributed by atoms with Crippen LogP contribution in [0.4, 0.5) is 19.0 Å². The second-order valence-electron chi connectivity index (χ2n) is 3.21. The maximum absolute atomic E-state index is 12.3. The summed E-state index contributed by atoms with van der Waals surface area (Å²) in [5.74, 6) is -0.939.